The second-order valence-electron chi connectivity index (χ2n) is 4.80. The van der Waals surface area contributed by atoms with Crippen LogP contribution in [0, 0.1) is 6.92 Å². The average Bonchev–Trinajstić information content (AvgIpc) is 2.74. The number of aryl methyl sites for hydroxylation is 1. The second kappa shape index (κ2) is 5.83. The third-order valence-corrected chi connectivity index (χ3v) is 2.85. The van der Waals surface area contributed by atoms with Gasteiger partial charge in [0, 0.05) is 0 Å². The second-order valence-corrected chi connectivity index (χ2v) is 4.80. The lowest BCUT2D eigenvalue weighted by atomic mass is 9.99. The Bertz CT molecular complexity index is 464. The van der Waals surface area contributed by atoms with Gasteiger partial charge >= 0.3 is 0 Å². The van der Waals surface area contributed by atoms with Crippen molar-refractivity contribution in [3.05, 3.63) is 48.0 Å². The van der Waals surface area contributed by atoms with Gasteiger partial charge in [-0.3, -0.25) is 4.79 Å². The molecule has 1 N–H and O–H groups in total. The van der Waals surface area contributed by atoms with E-state index in [0.717, 1.165) is 5.56 Å². The van der Waals surface area contributed by atoms with Gasteiger partial charge < -0.3 is 9.52 Å². The number of carbonyl (C=O) groups is 1. The molecule has 0 unspecified atom stereocenters. The molecule has 0 amide bonds. The van der Waals surface area contributed by atoms with Gasteiger partial charge in [0.2, 0.25) is 5.78 Å². The third-order valence-electron chi connectivity index (χ3n) is 2.85. The Hall–Kier alpha value is -1.61. The molecule has 0 fully saturated rings. The van der Waals surface area contributed by atoms with Crippen molar-refractivity contribution in [1.82, 2.24) is 0 Å². The molecular weight excluding hydrogens is 228 g/mol. The standard InChI is InChI=1S/C15H20O3/c1-5-15(4,17)8-6-7-12(3)14(16)13-9-11(2)10-18-13/h5,7,9-10,17H,1,6,8H2,2-4H3/b12-7+/t15-/m1/s1. The maximum Gasteiger partial charge on any atom is 0.223 e. The average molecular weight is 248 g/mol. The van der Waals surface area contributed by atoms with Gasteiger partial charge in [0.25, 0.3) is 0 Å². The monoisotopic (exact) mass is 248 g/mol. The third kappa shape index (κ3) is 4.00. The number of furan rings is 1. The van der Waals surface area contributed by atoms with Crippen molar-refractivity contribution in [3.63, 3.8) is 0 Å². The summed E-state index contributed by atoms with van der Waals surface area (Å²) in [5, 5.41) is 9.74. The van der Waals surface area contributed by atoms with E-state index in [4.69, 9.17) is 4.42 Å². The maximum atomic E-state index is 11.9. The van der Waals surface area contributed by atoms with E-state index >= 15 is 0 Å². The molecule has 1 aromatic rings. The SMILES string of the molecule is C=C[C@@](C)(O)CC/C=C(\C)C(=O)c1cc(C)co1. The van der Waals surface area contributed by atoms with Crippen LogP contribution in [0.4, 0.5) is 0 Å². The molecule has 98 valence electrons. The van der Waals surface area contributed by atoms with E-state index in [1.165, 1.54) is 6.08 Å². The highest BCUT2D eigenvalue weighted by atomic mass is 16.3. The molecule has 0 aliphatic rings. The summed E-state index contributed by atoms with van der Waals surface area (Å²) in [6.45, 7) is 8.89. The fraction of sp³-hybridized carbons (Fsp3) is 0.400. The Balaban J connectivity index is 2.62. The summed E-state index contributed by atoms with van der Waals surface area (Å²) >= 11 is 0. The first-order chi connectivity index (χ1) is 8.35. The van der Waals surface area contributed by atoms with E-state index in [1.807, 2.05) is 13.0 Å². The molecule has 18 heavy (non-hydrogen) atoms. The highest BCUT2D eigenvalue weighted by molar-refractivity contribution is 6.06. The molecule has 0 saturated heterocycles. The Morgan fingerprint density at radius 1 is 1.61 bits per heavy atom. The van der Waals surface area contributed by atoms with Gasteiger partial charge in [0.15, 0.2) is 5.76 Å². The van der Waals surface area contributed by atoms with Crippen molar-refractivity contribution in [2.45, 2.75) is 39.2 Å². The molecule has 0 aromatic carbocycles. The number of aliphatic hydroxyl groups is 1. The Morgan fingerprint density at radius 3 is 2.78 bits per heavy atom. The van der Waals surface area contributed by atoms with E-state index in [0.29, 0.717) is 24.2 Å². The number of hydrogen-bond donors (Lipinski definition) is 1. The predicted molar refractivity (Wildman–Crippen MR) is 71.6 cm³/mol. The number of ketones is 1. The zero-order valence-electron chi connectivity index (χ0n) is 11.2. The number of rotatable bonds is 6. The van der Waals surface area contributed by atoms with E-state index < -0.39 is 5.60 Å². The molecule has 0 saturated carbocycles. The fourth-order valence-electron chi connectivity index (χ4n) is 1.52. The normalized spacial score (nSPS) is 15.2. The van der Waals surface area contributed by atoms with Crippen LogP contribution < -0.4 is 0 Å². The van der Waals surface area contributed by atoms with Crippen LogP contribution in [0.2, 0.25) is 0 Å². The quantitative estimate of drug-likeness (QED) is 0.476. The number of carbonyl (C=O) groups excluding carboxylic acids is 1. The Kier molecular flexibility index (Phi) is 4.68. The first-order valence-corrected chi connectivity index (χ1v) is 5.98. The van der Waals surface area contributed by atoms with Crippen molar-refractivity contribution in [3.8, 4) is 0 Å². The summed E-state index contributed by atoms with van der Waals surface area (Å²) in [4.78, 5) is 11.9. The van der Waals surface area contributed by atoms with Gasteiger partial charge in [0.1, 0.15) is 0 Å². The number of hydrogen-bond acceptors (Lipinski definition) is 3. The molecule has 3 heteroatoms. The van der Waals surface area contributed by atoms with Crippen molar-refractivity contribution in [2.75, 3.05) is 0 Å². The molecule has 3 nitrogen and oxygen atoms in total. The first-order valence-electron chi connectivity index (χ1n) is 5.98. The topological polar surface area (TPSA) is 50.4 Å². The molecule has 0 aliphatic carbocycles. The van der Waals surface area contributed by atoms with Crippen molar-refractivity contribution < 1.29 is 14.3 Å². The lowest BCUT2D eigenvalue weighted by Gasteiger charge is -2.16. The molecule has 0 aliphatic heterocycles. The minimum absolute atomic E-state index is 0.110. The minimum Gasteiger partial charge on any atom is -0.461 e. The summed E-state index contributed by atoms with van der Waals surface area (Å²) < 4.78 is 5.16. The zero-order chi connectivity index (χ0) is 13.8. The molecule has 1 heterocycles. The van der Waals surface area contributed by atoms with Crippen LogP contribution in [0.3, 0.4) is 0 Å². The lowest BCUT2D eigenvalue weighted by molar-refractivity contribution is 0.0992. The first kappa shape index (κ1) is 14.5. The molecule has 0 spiro atoms. The highest BCUT2D eigenvalue weighted by Gasteiger charge is 2.15. The van der Waals surface area contributed by atoms with Crippen LogP contribution in [0.5, 0.6) is 0 Å². The van der Waals surface area contributed by atoms with Gasteiger partial charge in [-0.25, -0.2) is 0 Å². The van der Waals surface area contributed by atoms with E-state index in [-0.39, 0.29) is 5.78 Å². The maximum absolute atomic E-state index is 11.9. The summed E-state index contributed by atoms with van der Waals surface area (Å²) in [6.07, 6.45) is 6.05. The van der Waals surface area contributed by atoms with Gasteiger partial charge in [-0.15, -0.1) is 6.58 Å². The Morgan fingerprint density at radius 2 is 2.28 bits per heavy atom. The number of allylic oxidation sites excluding steroid dienone is 2. The zero-order valence-corrected chi connectivity index (χ0v) is 11.2. The lowest BCUT2D eigenvalue weighted by Crippen LogP contribution is -2.19. The van der Waals surface area contributed by atoms with Crippen LogP contribution in [0.25, 0.3) is 0 Å². The summed E-state index contributed by atoms with van der Waals surface area (Å²) in [5.41, 5.74) is 0.672. The van der Waals surface area contributed by atoms with Crippen molar-refractivity contribution >= 4 is 5.78 Å². The summed E-state index contributed by atoms with van der Waals surface area (Å²) in [7, 11) is 0. The van der Waals surface area contributed by atoms with Crippen molar-refractivity contribution in [1.29, 1.82) is 0 Å². The largest absolute Gasteiger partial charge is 0.461 e. The van der Waals surface area contributed by atoms with E-state index in [1.54, 1.807) is 26.2 Å². The van der Waals surface area contributed by atoms with Gasteiger partial charge in [0.05, 0.1) is 11.9 Å². The Labute approximate surface area is 108 Å². The molecular formula is C15H20O3. The van der Waals surface area contributed by atoms with Gasteiger partial charge in [-0.1, -0.05) is 12.2 Å². The van der Waals surface area contributed by atoms with E-state index in [2.05, 4.69) is 6.58 Å². The smallest absolute Gasteiger partial charge is 0.223 e. The number of Topliss-reactive ketones (excluding diaryl/α,β-unsaturated/α-hetero) is 1. The molecule has 1 atom stereocenters. The van der Waals surface area contributed by atoms with Crippen LogP contribution in [-0.2, 0) is 0 Å². The molecule has 0 bridgehead atoms. The fourth-order valence-corrected chi connectivity index (χ4v) is 1.52. The molecule has 0 radical (unpaired) electrons. The van der Waals surface area contributed by atoms with Gasteiger partial charge in [-0.05, 0) is 50.8 Å². The predicted octanol–water partition coefficient (Wildman–Crippen LogP) is 3.43. The highest BCUT2D eigenvalue weighted by Crippen LogP contribution is 2.16. The molecule has 1 rings (SSSR count). The van der Waals surface area contributed by atoms with Crippen LogP contribution in [0.15, 0.2) is 41.1 Å². The van der Waals surface area contributed by atoms with Crippen LogP contribution in [0.1, 0.15) is 42.8 Å². The van der Waals surface area contributed by atoms with Gasteiger partial charge in [-0.2, -0.15) is 0 Å². The van der Waals surface area contributed by atoms with E-state index in [9.17, 15) is 9.90 Å². The van der Waals surface area contributed by atoms with Crippen LogP contribution in [-0.4, -0.2) is 16.5 Å². The molecule has 1 aromatic heterocycles. The van der Waals surface area contributed by atoms with Crippen LogP contribution >= 0.6 is 0 Å². The minimum atomic E-state index is -0.888. The summed E-state index contributed by atoms with van der Waals surface area (Å²) in [5.74, 6) is 0.248. The van der Waals surface area contributed by atoms with Crippen molar-refractivity contribution in [2.24, 2.45) is 0 Å². The summed E-state index contributed by atoms with van der Waals surface area (Å²) in [6, 6.07) is 1.72.